The molecule has 5 nitrogen and oxygen atoms in total. The Morgan fingerprint density at radius 3 is 2.58 bits per heavy atom. The van der Waals surface area contributed by atoms with E-state index in [4.69, 9.17) is 0 Å². The Morgan fingerprint density at radius 1 is 1.33 bits per heavy atom. The molecule has 5 heteroatoms. The summed E-state index contributed by atoms with van der Waals surface area (Å²) in [6.07, 6.45) is 4.22. The van der Waals surface area contributed by atoms with Crippen molar-refractivity contribution in [1.29, 1.82) is 5.26 Å². The molecule has 1 amide bonds. The third-order valence-corrected chi connectivity index (χ3v) is 5.19. The maximum atomic E-state index is 12.1. The molecule has 128 valence electrons. The number of anilines is 1. The van der Waals surface area contributed by atoms with E-state index in [0.717, 1.165) is 62.4 Å². The predicted molar refractivity (Wildman–Crippen MR) is 93.7 cm³/mol. The summed E-state index contributed by atoms with van der Waals surface area (Å²) < 4.78 is 0. The van der Waals surface area contributed by atoms with Crippen LogP contribution in [0.25, 0.3) is 0 Å². The van der Waals surface area contributed by atoms with Crippen molar-refractivity contribution in [3.8, 4) is 6.07 Å². The molecule has 1 aromatic heterocycles. The summed E-state index contributed by atoms with van der Waals surface area (Å²) in [6.45, 7) is 6.61. The number of aromatic nitrogens is 1. The van der Waals surface area contributed by atoms with Crippen molar-refractivity contribution in [3.63, 3.8) is 0 Å². The van der Waals surface area contributed by atoms with Crippen LogP contribution in [0.1, 0.15) is 42.5 Å². The predicted octanol–water partition coefficient (Wildman–Crippen LogP) is 2.65. The number of carbonyl (C=O) groups excluding carboxylic acids is 1. The number of hydrogen-bond donors (Lipinski definition) is 0. The molecule has 3 rings (SSSR count). The van der Waals surface area contributed by atoms with Gasteiger partial charge in [0, 0.05) is 38.3 Å². The van der Waals surface area contributed by atoms with Crippen molar-refractivity contribution in [3.05, 3.63) is 22.9 Å². The smallest absolute Gasteiger partial charge is 0.225 e. The minimum Gasteiger partial charge on any atom is -0.355 e. The molecule has 24 heavy (non-hydrogen) atoms. The quantitative estimate of drug-likeness (QED) is 0.853. The van der Waals surface area contributed by atoms with Gasteiger partial charge in [0.25, 0.3) is 0 Å². The molecule has 0 aromatic carbocycles. The van der Waals surface area contributed by atoms with Crippen molar-refractivity contribution >= 4 is 11.7 Å². The van der Waals surface area contributed by atoms with Gasteiger partial charge in [0.1, 0.15) is 11.9 Å². The molecule has 2 heterocycles. The number of carbonyl (C=O) groups is 1. The second kappa shape index (κ2) is 6.80. The average molecular weight is 326 g/mol. The molecule has 0 N–H and O–H groups in total. The Labute approximate surface area is 144 Å². The summed E-state index contributed by atoms with van der Waals surface area (Å²) >= 11 is 0. The normalized spacial score (nSPS) is 18.3. The van der Waals surface area contributed by atoms with Crippen molar-refractivity contribution in [1.82, 2.24) is 9.88 Å². The highest BCUT2D eigenvalue weighted by atomic mass is 16.2. The molecule has 0 spiro atoms. The van der Waals surface area contributed by atoms with Crippen molar-refractivity contribution in [2.24, 2.45) is 11.8 Å². The van der Waals surface area contributed by atoms with Gasteiger partial charge in [-0.1, -0.05) is 0 Å². The van der Waals surface area contributed by atoms with Gasteiger partial charge in [-0.3, -0.25) is 4.79 Å². The number of nitrogens with zero attached hydrogens (tertiary/aromatic N) is 4. The van der Waals surface area contributed by atoms with Gasteiger partial charge in [-0.25, -0.2) is 4.98 Å². The lowest BCUT2D eigenvalue weighted by atomic mass is 9.95. The van der Waals surface area contributed by atoms with E-state index in [2.05, 4.69) is 16.0 Å². The lowest BCUT2D eigenvalue weighted by molar-refractivity contribution is -0.131. The van der Waals surface area contributed by atoms with Gasteiger partial charge < -0.3 is 9.80 Å². The van der Waals surface area contributed by atoms with Crippen LogP contribution in [-0.4, -0.2) is 42.5 Å². The standard InChI is InChI=1S/C19H26N4O/c1-13-10-14(2)21-18(17(13)11-20)23-8-6-15(7-9-23)12-22(3)19(24)16-4-5-16/h10,15-16H,4-9,12H2,1-3H3. The number of amides is 1. The van der Waals surface area contributed by atoms with E-state index in [1.807, 2.05) is 31.9 Å². The SMILES string of the molecule is Cc1cc(C)c(C#N)c(N2CCC(CN(C)C(=O)C3CC3)CC2)n1. The molecule has 0 atom stereocenters. The Bertz CT molecular complexity index is 667. The van der Waals surface area contributed by atoms with Gasteiger partial charge in [0.05, 0.1) is 5.56 Å². The Kier molecular flexibility index (Phi) is 4.75. The van der Waals surface area contributed by atoms with E-state index in [0.29, 0.717) is 23.3 Å². The topological polar surface area (TPSA) is 60.2 Å². The molecule has 1 saturated heterocycles. The Balaban J connectivity index is 1.61. The van der Waals surface area contributed by atoms with Crippen molar-refractivity contribution in [2.45, 2.75) is 39.5 Å². The largest absolute Gasteiger partial charge is 0.355 e. The minimum absolute atomic E-state index is 0.299. The summed E-state index contributed by atoms with van der Waals surface area (Å²) in [5.41, 5.74) is 2.65. The molecule has 1 aliphatic heterocycles. The summed E-state index contributed by atoms with van der Waals surface area (Å²) in [5.74, 6) is 1.99. The maximum absolute atomic E-state index is 12.1. The van der Waals surface area contributed by atoms with Crippen LogP contribution in [0.15, 0.2) is 6.07 Å². The van der Waals surface area contributed by atoms with Crippen molar-refractivity contribution in [2.75, 3.05) is 31.6 Å². The van der Waals surface area contributed by atoms with Crippen LogP contribution in [0.5, 0.6) is 0 Å². The van der Waals surface area contributed by atoms with Crippen LogP contribution in [0.4, 0.5) is 5.82 Å². The second-order valence-electron chi connectivity index (χ2n) is 7.31. The number of pyridine rings is 1. The van der Waals surface area contributed by atoms with E-state index in [1.165, 1.54) is 0 Å². The first-order valence-electron chi connectivity index (χ1n) is 8.88. The third kappa shape index (κ3) is 3.53. The van der Waals surface area contributed by atoms with Gasteiger partial charge in [-0.2, -0.15) is 5.26 Å². The number of hydrogen-bond acceptors (Lipinski definition) is 4. The van der Waals surface area contributed by atoms with E-state index in [1.54, 1.807) is 0 Å². The van der Waals surface area contributed by atoms with E-state index < -0.39 is 0 Å². The summed E-state index contributed by atoms with van der Waals surface area (Å²) in [5, 5.41) is 9.45. The molecular weight excluding hydrogens is 300 g/mol. The van der Waals surface area contributed by atoms with Gasteiger partial charge in [0.15, 0.2) is 0 Å². The first-order valence-corrected chi connectivity index (χ1v) is 8.88. The minimum atomic E-state index is 0.299. The van der Waals surface area contributed by atoms with Crippen LogP contribution in [0, 0.1) is 37.0 Å². The summed E-state index contributed by atoms with van der Waals surface area (Å²) in [7, 11) is 1.94. The van der Waals surface area contributed by atoms with Crippen LogP contribution in [-0.2, 0) is 4.79 Å². The van der Waals surface area contributed by atoms with Crippen molar-refractivity contribution < 1.29 is 4.79 Å². The van der Waals surface area contributed by atoms with Crippen LogP contribution in [0.2, 0.25) is 0 Å². The molecule has 1 aliphatic carbocycles. The number of aryl methyl sites for hydroxylation is 2. The highest BCUT2D eigenvalue weighted by Crippen LogP contribution is 2.32. The number of nitriles is 1. The average Bonchev–Trinajstić information content (AvgIpc) is 3.39. The lowest BCUT2D eigenvalue weighted by Crippen LogP contribution is -2.40. The second-order valence-corrected chi connectivity index (χ2v) is 7.31. The highest BCUT2D eigenvalue weighted by Gasteiger charge is 2.33. The van der Waals surface area contributed by atoms with Crippen LogP contribution < -0.4 is 4.90 Å². The van der Waals surface area contributed by atoms with Gasteiger partial charge >= 0.3 is 0 Å². The fraction of sp³-hybridized carbons (Fsp3) is 0.632. The molecule has 1 saturated carbocycles. The zero-order valence-electron chi connectivity index (χ0n) is 14.9. The first-order chi connectivity index (χ1) is 11.5. The molecular formula is C19H26N4O. The third-order valence-electron chi connectivity index (χ3n) is 5.19. The molecule has 0 unspecified atom stereocenters. The summed E-state index contributed by atoms with van der Waals surface area (Å²) in [6, 6.07) is 4.27. The molecule has 2 aliphatic rings. The Morgan fingerprint density at radius 2 is 2.00 bits per heavy atom. The number of rotatable bonds is 4. The zero-order valence-corrected chi connectivity index (χ0v) is 14.9. The molecule has 0 bridgehead atoms. The fourth-order valence-corrected chi connectivity index (χ4v) is 3.63. The highest BCUT2D eigenvalue weighted by molar-refractivity contribution is 5.80. The molecule has 1 aromatic rings. The van der Waals surface area contributed by atoms with Gasteiger partial charge in [-0.05, 0) is 57.1 Å². The van der Waals surface area contributed by atoms with Crippen LogP contribution in [0.3, 0.4) is 0 Å². The van der Waals surface area contributed by atoms with Gasteiger partial charge in [0.2, 0.25) is 5.91 Å². The van der Waals surface area contributed by atoms with E-state index in [9.17, 15) is 10.1 Å². The van der Waals surface area contributed by atoms with E-state index in [-0.39, 0.29) is 0 Å². The molecule has 0 radical (unpaired) electrons. The monoisotopic (exact) mass is 326 g/mol. The fourth-order valence-electron chi connectivity index (χ4n) is 3.63. The Hall–Kier alpha value is -2.09. The zero-order chi connectivity index (χ0) is 17.3. The number of piperidine rings is 1. The van der Waals surface area contributed by atoms with Crippen LogP contribution >= 0.6 is 0 Å². The summed E-state index contributed by atoms with van der Waals surface area (Å²) in [4.78, 5) is 20.9. The van der Waals surface area contributed by atoms with E-state index >= 15 is 0 Å². The molecule has 2 fully saturated rings. The van der Waals surface area contributed by atoms with Gasteiger partial charge in [-0.15, -0.1) is 0 Å². The first kappa shape index (κ1) is 16.8. The maximum Gasteiger partial charge on any atom is 0.225 e. The lowest BCUT2D eigenvalue weighted by Gasteiger charge is -2.35.